The third kappa shape index (κ3) is 31.6. The molecule has 0 saturated carbocycles. The minimum Gasteiger partial charge on any atom is -0.462 e. The van der Waals surface area contributed by atoms with Crippen LogP contribution in [0.25, 0.3) is 0 Å². The van der Waals surface area contributed by atoms with Gasteiger partial charge in [0.15, 0.2) is 6.10 Å². The fraction of sp³-hybridized carbons (Fsp3) is 0.875. The van der Waals surface area contributed by atoms with Gasteiger partial charge < -0.3 is 19.3 Å². The maximum Gasteiger partial charge on any atom is 0.469 e. The second-order valence-electron chi connectivity index (χ2n) is 11.1. The number of hydrogen-bond acceptors (Lipinski definition) is 6. The number of esters is 2. The van der Waals surface area contributed by atoms with E-state index in [1.165, 1.54) is 77.0 Å². The fourth-order valence-corrected chi connectivity index (χ4v) is 4.90. The quantitative estimate of drug-likeness (QED) is 0.0360. The van der Waals surface area contributed by atoms with Gasteiger partial charge in [0.1, 0.15) is 6.61 Å². The monoisotopic (exact) mass is 604 g/mol. The molecule has 0 rings (SSSR count). The van der Waals surface area contributed by atoms with Gasteiger partial charge in [-0.1, -0.05) is 122 Å². The molecule has 8 nitrogen and oxygen atoms in total. The predicted octanol–water partition coefficient (Wildman–Crippen LogP) is 9.12. The number of carbonyl (C=O) groups excluding carboxylic acids is 2. The lowest BCUT2D eigenvalue weighted by atomic mass is 10.1. The van der Waals surface area contributed by atoms with Gasteiger partial charge in [-0.3, -0.25) is 14.1 Å². The van der Waals surface area contributed by atoms with Crippen LogP contribution in [0, 0.1) is 0 Å². The third-order valence-corrected chi connectivity index (χ3v) is 7.52. The van der Waals surface area contributed by atoms with E-state index in [1.807, 2.05) is 0 Å². The summed E-state index contributed by atoms with van der Waals surface area (Å²) in [6, 6.07) is 0. The average Bonchev–Trinajstić information content (AvgIpc) is 2.93. The van der Waals surface area contributed by atoms with E-state index in [2.05, 4.69) is 30.5 Å². The lowest BCUT2D eigenvalue weighted by Gasteiger charge is -2.18. The molecular formula is C32H61O8P. The second-order valence-corrected chi connectivity index (χ2v) is 12.4. The van der Waals surface area contributed by atoms with E-state index >= 15 is 0 Å². The Labute approximate surface area is 250 Å². The Morgan fingerprint density at radius 2 is 1.02 bits per heavy atom. The van der Waals surface area contributed by atoms with Gasteiger partial charge in [-0.05, 0) is 38.5 Å². The van der Waals surface area contributed by atoms with E-state index in [9.17, 15) is 14.2 Å². The molecule has 2 N–H and O–H groups in total. The fourth-order valence-electron chi connectivity index (χ4n) is 4.54. The highest BCUT2D eigenvalue weighted by molar-refractivity contribution is 7.46. The van der Waals surface area contributed by atoms with Crippen molar-refractivity contribution < 1.29 is 37.9 Å². The molecule has 0 aromatic rings. The Bertz CT molecular complexity index is 691. The van der Waals surface area contributed by atoms with Crippen molar-refractivity contribution >= 4 is 19.8 Å². The van der Waals surface area contributed by atoms with E-state index in [1.54, 1.807) is 0 Å². The Balaban J connectivity index is 4.02. The molecule has 0 aromatic heterocycles. The topological polar surface area (TPSA) is 119 Å². The molecule has 242 valence electrons. The first-order chi connectivity index (χ1) is 19.8. The van der Waals surface area contributed by atoms with Gasteiger partial charge in [-0.25, -0.2) is 4.57 Å². The Hall–Kier alpha value is -1.21. The molecule has 41 heavy (non-hydrogen) atoms. The molecule has 0 bridgehead atoms. The second kappa shape index (κ2) is 28.9. The zero-order valence-electron chi connectivity index (χ0n) is 26.2. The Kier molecular flexibility index (Phi) is 28.0. The Morgan fingerprint density at radius 1 is 0.610 bits per heavy atom. The molecule has 0 fully saturated rings. The van der Waals surface area contributed by atoms with E-state index in [0.29, 0.717) is 6.42 Å². The van der Waals surface area contributed by atoms with Gasteiger partial charge in [0.25, 0.3) is 0 Å². The van der Waals surface area contributed by atoms with Crippen molar-refractivity contribution in [2.75, 3.05) is 13.2 Å². The van der Waals surface area contributed by atoms with Crippen LogP contribution in [0.4, 0.5) is 0 Å². The van der Waals surface area contributed by atoms with Crippen LogP contribution in [0.15, 0.2) is 12.2 Å². The zero-order chi connectivity index (χ0) is 30.4. The third-order valence-electron chi connectivity index (χ3n) is 7.03. The largest absolute Gasteiger partial charge is 0.469 e. The molecule has 0 heterocycles. The SMILES string of the molecule is CCCCCCC/C=C/CCCCCCCC(=O)O[C@@H](COC(=O)CCCCCCCCCCC)COP(=O)(O)O. The van der Waals surface area contributed by atoms with Crippen molar-refractivity contribution in [2.24, 2.45) is 0 Å². The maximum absolute atomic E-state index is 12.3. The Morgan fingerprint density at radius 3 is 1.49 bits per heavy atom. The standard InChI is InChI=1S/C32H61O8P/c1-3-5-7-9-11-13-14-15-16-17-19-21-23-25-27-32(34)40-30(29-39-41(35,36)37)28-38-31(33)26-24-22-20-18-12-10-8-6-4-2/h14-15,30H,3-13,16-29H2,1-2H3,(H2,35,36,37)/b15-14+/t30-/m0/s1. The van der Waals surface area contributed by atoms with Gasteiger partial charge in [0.2, 0.25) is 0 Å². The lowest BCUT2D eigenvalue weighted by molar-refractivity contribution is -0.161. The van der Waals surface area contributed by atoms with Gasteiger partial charge in [0, 0.05) is 12.8 Å². The number of carbonyl (C=O) groups is 2. The van der Waals surface area contributed by atoms with Crippen LogP contribution in [0.2, 0.25) is 0 Å². The van der Waals surface area contributed by atoms with E-state index in [0.717, 1.165) is 51.4 Å². The summed E-state index contributed by atoms with van der Waals surface area (Å²) in [5, 5.41) is 0. The summed E-state index contributed by atoms with van der Waals surface area (Å²) in [4.78, 5) is 42.4. The number of ether oxygens (including phenoxy) is 2. The number of rotatable bonds is 30. The normalized spacial score (nSPS) is 12.6. The summed E-state index contributed by atoms with van der Waals surface area (Å²) in [7, 11) is -4.74. The molecule has 9 heteroatoms. The minimum atomic E-state index is -4.74. The molecule has 0 saturated heterocycles. The van der Waals surface area contributed by atoms with Crippen LogP contribution < -0.4 is 0 Å². The summed E-state index contributed by atoms with van der Waals surface area (Å²) >= 11 is 0. The highest BCUT2D eigenvalue weighted by atomic mass is 31.2. The molecular weight excluding hydrogens is 543 g/mol. The van der Waals surface area contributed by atoms with Crippen LogP contribution in [0.1, 0.15) is 162 Å². The number of phosphoric ester groups is 1. The molecule has 0 aliphatic carbocycles. The van der Waals surface area contributed by atoms with Gasteiger partial charge >= 0.3 is 19.8 Å². The summed E-state index contributed by atoms with van der Waals surface area (Å²) < 4.78 is 26.1. The van der Waals surface area contributed by atoms with Gasteiger partial charge in [-0.15, -0.1) is 0 Å². The summed E-state index contributed by atoms with van der Waals surface area (Å²) in [5.41, 5.74) is 0. The average molecular weight is 605 g/mol. The van der Waals surface area contributed by atoms with Crippen LogP contribution in [0.3, 0.4) is 0 Å². The minimum absolute atomic E-state index is 0.205. The highest BCUT2D eigenvalue weighted by Crippen LogP contribution is 2.35. The van der Waals surface area contributed by atoms with Crippen molar-refractivity contribution in [1.29, 1.82) is 0 Å². The summed E-state index contributed by atoms with van der Waals surface area (Å²) in [6.07, 6.45) is 28.0. The zero-order valence-corrected chi connectivity index (χ0v) is 27.1. The van der Waals surface area contributed by atoms with Crippen LogP contribution in [-0.4, -0.2) is 41.0 Å². The molecule has 1 atom stereocenters. The molecule has 0 aromatic carbocycles. The van der Waals surface area contributed by atoms with Crippen molar-refractivity contribution in [3.05, 3.63) is 12.2 Å². The van der Waals surface area contributed by atoms with E-state index in [-0.39, 0.29) is 19.4 Å². The van der Waals surface area contributed by atoms with Gasteiger partial charge in [0.05, 0.1) is 6.61 Å². The first-order valence-electron chi connectivity index (χ1n) is 16.5. The molecule has 0 aliphatic rings. The van der Waals surface area contributed by atoms with Crippen molar-refractivity contribution in [1.82, 2.24) is 0 Å². The molecule has 0 spiro atoms. The molecule has 0 aliphatic heterocycles. The molecule has 0 amide bonds. The highest BCUT2D eigenvalue weighted by Gasteiger charge is 2.22. The van der Waals surface area contributed by atoms with Gasteiger partial charge in [-0.2, -0.15) is 0 Å². The van der Waals surface area contributed by atoms with Crippen LogP contribution in [-0.2, 0) is 28.2 Å². The number of allylic oxidation sites excluding steroid dienone is 2. The van der Waals surface area contributed by atoms with Crippen molar-refractivity contribution in [3.63, 3.8) is 0 Å². The first-order valence-corrected chi connectivity index (χ1v) is 18.0. The number of phosphoric acid groups is 1. The smallest absolute Gasteiger partial charge is 0.462 e. The summed E-state index contributed by atoms with van der Waals surface area (Å²) in [6.45, 7) is 3.62. The van der Waals surface area contributed by atoms with Crippen LogP contribution in [0.5, 0.6) is 0 Å². The summed E-state index contributed by atoms with van der Waals surface area (Å²) in [5.74, 6) is -0.895. The van der Waals surface area contributed by atoms with Crippen molar-refractivity contribution in [3.8, 4) is 0 Å². The first kappa shape index (κ1) is 39.8. The molecule has 0 radical (unpaired) electrons. The lowest BCUT2D eigenvalue weighted by Crippen LogP contribution is -2.29. The predicted molar refractivity (Wildman–Crippen MR) is 166 cm³/mol. The van der Waals surface area contributed by atoms with E-state index < -0.39 is 32.5 Å². The van der Waals surface area contributed by atoms with E-state index in [4.69, 9.17) is 19.3 Å². The van der Waals surface area contributed by atoms with Crippen LogP contribution >= 0.6 is 7.82 Å². The number of hydrogen-bond donors (Lipinski definition) is 2. The molecule has 0 unspecified atom stereocenters. The number of unbranched alkanes of at least 4 members (excludes halogenated alkanes) is 18. The maximum atomic E-state index is 12.3. The van der Waals surface area contributed by atoms with Crippen molar-refractivity contribution in [2.45, 2.75) is 168 Å².